The van der Waals surface area contributed by atoms with Gasteiger partial charge in [0.15, 0.2) is 0 Å². The summed E-state index contributed by atoms with van der Waals surface area (Å²) >= 11 is 5.93. The Morgan fingerprint density at radius 2 is 1.75 bits per heavy atom. The molecule has 0 spiro atoms. The Balaban J connectivity index is 0.000000511. The van der Waals surface area contributed by atoms with Gasteiger partial charge in [0, 0.05) is 6.54 Å². The fraction of sp³-hybridized carbons (Fsp3) is 0.385. The molecule has 0 aromatic heterocycles. The number of benzene rings is 1. The van der Waals surface area contributed by atoms with Crippen LogP contribution in [0.2, 0.25) is 5.02 Å². The molecule has 0 radical (unpaired) electrons. The Bertz CT molecular complexity index is 425. The minimum Gasteiger partial charge on any atom is -0.492 e. The molecule has 6 nitrogen and oxygen atoms in total. The third-order valence-electron chi connectivity index (χ3n) is 2.03. The first-order valence-electron chi connectivity index (χ1n) is 5.83. The third-order valence-corrected chi connectivity index (χ3v) is 2.34. The summed E-state index contributed by atoms with van der Waals surface area (Å²) in [5, 5.41) is 15.5. The number of carbonyl (C=O) groups is 2. The summed E-state index contributed by atoms with van der Waals surface area (Å²) < 4.78 is 5.53. The molecule has 2 N–H and O–H groups in total. The maximum atomic E-state index is 9.10. The molecule has 0 aliphatic rings. The van der Waals surface area contributed by atoms with Crippen LogP contribution in [0.5, 0.6) is 5.75 Å². The fourth-order valence-electron chi connectivity index (χ4n) is 1.12. The number of halogens is 1. The van der Waals surface area contributed by atoms with Crippen LogP contribution in [-0.2, 0) is 9.59 Å². The molecule has 0 aliphatic carbocycles. The van der Waals surface area contributed by atoms with Gasteiger partial charge in [0.2, 0.25) is 0 Å². The van der Waals surface area contributed by atoms with Crippen molar-refractivity contribution in [3.05, 3.63) is 29.3 Å². The van der Waals surface area contributed by atoms with Gasteiger partial charge in [0.25, 0.3) is 0 Å². The summed E-state index contributed by atoms with van der Waals surface area (Å²) in [4.78, 5) is 20.3. The summed E-state index contributed by atoms with van der Waals surface area (Å²) in [7, 11) is 4.10. The molecule has 0 fully saturated rings. The van der Waals surface area contributed by atoms with E-state index in [1.165, 1.54) is 0 Å². The number of ether oxygens (including phenoxy) is 1. The third kappa shape index (κ3) is 9.18. The highest BCUT2D eigenvalue weighted by Gasteiger charge is 2.04. The number of carboxylic acids is 2. The smallest absolute Gasteiger partial charge is 0.414 e. The Morgan fingerprint density at radius 1 is 1.20 bits per heavy atom. The van der Waals surface area contributed by atoms with Gasteiger partial charge in [-0.3, -0.25) is 0 Å². The molecule has 1 aromatic carbocycles. The van der Waals surface area contributed by atoms with E-state index in [1.807, 2.05) is 24.3 Å². The molecule has 0 amide bonds. The zero-order valence-electron chi connectivity index (χ0n) is 11.4. The van der Waals surface area contributed by atoms with Crippen LogP contribution in [0.3, 0.4) is 0 Å². The summed E-state index contributed by atoms with van der Waals surface area (Å²) in [5.41, 5.74) is 0. The lowest BCUT2D eigenvalue weighted by molar-refractivity contribution is -0.159. The van der Waals surface area contributed by atoms with E-state index in [0.717, 1.165) is 18.7 Å². The summed E-state index contributed by atoms with van der Waals surface area (Å²) in [5.74, 6) is -2.88. The van der Waals surface area contributed by atoms with Gasteiger partial charge in [-0.05, 0) is 32.6 Å². The summed E-state index contributed by atoms with van der Waals surface area (Å²) in [6.07, 6.45) is 1.01. The van der Waals surface area contributed by atoms with Gasteiger partial charge >= 0.3 is 11.9 Å². The van der Waals surface area contributed by atoms with Gasteiger partial charge in [0.1, 0.15) is 5.75 Å². The molecule has 0 saturated carbocycles. The molecule has 0 heterocycles. The van der Waals surface area contributed by atoms with Gasteiger partial charge in [-0.15, -0.1) is 0 Å². The highest BCUT2D eigenvalue weighted by atomic mass is 35.5. The first-order chi connectivity index (χ1) is 9.34. The number of hydrogen-bond acceptors (Lipinski definition) is 4. The van der Waals surface area contributed by atoms with Gasteiger partial charge < -0.3 is 19.8 Å². The first-order valence-corrected chi connectivity index (χ1v) is 6.20. The Kier molecular flexibility index (Phi) is 9.15. The summed E-state index contributed by atoms with van der Waals surface area (Å²) in [6.45, 7) is 1.74. The van der Waals surface area contributed by atoms with Crippen molar-refractivity contribution in [3.63, 3.8) is 0 Å². The molecule has 20 heavy (non-hydrogen) atoms. The van der Waals surface area contributed by atoms with Crippen molar-refractivity contribution in [2.45, 2.75) is 6.42 Å². The second-order valence-corrected chi connectivity index (χ2v) is 4.45. The van der Waals surface area contributed by atoms with E-state index >= 15 is 0 Å². The minimum absolute atomic E-state index is 0.678. The predicted octanol–water partition coefficient (Wildman–Crippen LogP) is 1.83. The van der Waals surface area contributed by atoms with Crippen molar-refractivity contribution in [2.24, 2.45) is 0 Å². The lowest BCUT2D eigenvalue weighted by Crippen LogP contribution is -2.15. The lowest BCUT2D eigenvalue weighted by atomic mass is 10.3. The van der Waals surface area contributed by atoms with Crippen LogP contribution in [0.1, 0.15) is 6.42 Å². The van der Waals surface area contributed by atoms with E-state index in [2.05, 4.69) is 19.0 Å². The predicted molar refractivity (Wildman–Crippen MR) is 75.4 cm³/mol. The van der Waals surface area contributed by atoms with Crippen molar-refractivity contribution in [3.8, 4) is 5.75 Å². The molecule has 0 saturated heterocycles. The number of nitrogens with zero attached hydrogens (tertiary/aromatic N) is 1. The Labute approximate surface area is 122 Å². The molecular weight excluding hydrogens is 286 g/mol. The largest absolute Gasteiger partial charge is 0.492 e. The van der Waals surface area contributed by atoms with Crippen molar-refractivity contribution >= 4 is 23.5 Å². The first kappa shape index (κ1) is 18.2. The van der Waals surface area contributed by atoms with E-state index < -0.39 is 11.9 Å². The van der Waals surface area contributed by atoms with Crippen LogP contribution < -0.4 is 4.74 Å². The molecular formula is C13H18ClNO5. The van der Waals surface area contributed by atoms with E-state index in [4.69, 9.17) is 36.1 Å². The maximum absolute atomic E-state index is 9.10. The van der Waals surface area contributed by atoms with Crippen LogP contribution in [0.25, 0.3) is 0 Å². The monoisotopic (exact) mass is 303 g/mol. The van der Waals surface area contributed by atoms with E-state index in [0.29, 0.717) is 11.6 Å². The van der Waals surface area contributed by atoms with Gasteiger partial charge in [-0.2, -0.15) is 0 Å². The normalized spacial score (nSPS) is 9.60. The van der Waals surface area contributed by atoms with Crippen LogP contribution in [0, 0.1) is 0 Å². The van der Waals surface area contributed by atoms with Crippen molar-refractivity contribution in [2.75, 3.05) is 27.2 Å². The van der Waals surface area contributed by atoms with Crippen molar-refractivity contribution in [1.29, 1.82) is 0 Å². The molecule has 7 heteroatoms. The van der Waals surface area contributed by atoms with Crippen LogP contribution >= 0.6 is 11.6 Å². The van der Waals surface area contributed by atoms with Crippen LogP contribution in [0.15, 0.2) is 24.3 Å². The number of hydrogen-bond donors (Lipinski definition) is 2. The van der Waals surface area contributed by atoms with Crippen LogP contribution in [-0.4, -0.2) is 54.3 Å². The molecule has 1 aromatic rings. The molecule has 112 valence electrons. The quantitative estimate of drug-likeness (QED) is 0.637. The van der Waals surface area contributed by atoms with E-state index in [9.17, 15) is 0 Å². The van der Waals surface area contributed by atoms with E-state index in [1.54, 1.807) is 0 Å². The average molecular weight is 304 g/mol. The van der Waals surface area contributed by atoms with E-state index in [-0.39, 0.29) is 0 Å². The number of rotatable bonds is 5. The Hall–Kier alpha value is -1.79. The zero-order valence-corrected chi connectivity index (χ0v) is 12.1. The van der Waals surface area contributed by atoms with Crippen LogP contribution in [0.4, 0.5) is 0 Å². The van der Waals surface area contributed by atoms with Crippen molar-refractivity contribution < 1.29 is 24.5 Å². The average Bonchev–Trinajstić information content (AvgIpc) is 2.37. The lowest BCUT2D eigenvalue weighted by Gasteiger charge is -2.10. The fourth-order valence-corrected chi connectivity index (χ4v) is 1.31. The van der Waals surface area contributed by atoms with Gasteiger partial charge in [-0.1, -0.05) is 23.7 Å². The highest BCUT2D eigenvalue weighted by Crippen LogP contribution is 2.22. The number of para-hydroxylation sites is 1. The molecule has 0 atom stereocenters. The standard InChI is InChI=1S/C11H16ClNO.C2H2O4/c1-13(2)8-5-9-14-11-7-4-3-6-10(11)12;3-1(4)2(5)6/h3-4,6-7H,5,8-9H2,1-2H3;(H,3,4)(H,5,6). The highest BCUT2D eigenvalue weighted by molar-refractivity contribution is 6.32. The molecule has 0 unspecified atom stereocenters. The second kappa shape index (κ2) is 10.1. The Morgan fingerprint density at radius 3 is 2.20 bits per heavy atom. The van der Waals surface area contributed by atoms with Crippen molar-refractivity contribution in [1.82, 2.24) is 4.90 Å². The maximum Gasteiger partial charge on any atom is 0.414 e. The zero-order chi connectivity index (χ0) is 15.5. The summed E-state index contributed by atoms with van der Waals surface area (Å²) in [6, 6.07) is 7.54. The van der Waals surface area contributed by atoms with Gasteiger partial charge in [0.05, 0.1) is 11.6 Å². The van der Waals surface area contributed by atoms with Gasteiger partial charge in [-0.25, -0.2) is 9.59 Å². The minimum atomic E-state index is -1.82. The number of aliphatic carboxylic acids is 2. The topological polar surface area (TPSA) is 87.1 Å². The SMILES string of the molecule is CN(C)CCCOc1ccccc1Cl.O=C(O)C(=O)O. The molecule has 0 bridgehead atoms. The number of carboxylic acid groups (broad SMARTS) is 2. The molecule has 1 rings (SSSR count). The molecule has 0 aliphatic heterocycles. The second-order valence-electron chi connectivity index (χ2n) is 4.05.